The number of carbonyl (C=O) groups is 1. The summed E-state index contributed by atoms with van der Waals surface area (Å²) in [6, 6.07) is 10.6. The maximum Gasteiger partial charge on any atom is 0.416 e. The predicted octanol–water partition coefficient (Wildman–Crippen LogP) is 3.90. The van der Waals surface area contributed by atoms with Crippen LogP contribution in [0.4, 0.5) is 13.2 Å². The number of carbonyl (C=O) groups excluding carboxylic acids is 1. The molecule has 25 heavy (non-hydrogen) atoms. The fourth-order valence-corrected chi connectivity index (χ4v) is 4.39. The van der Waals surface area contributed by atoms with Crippen LogP contribution in [0.5, 0.6) is 0 Å². The van der Waals surface area contributed by atoms with Crippen molar-refractivity contribution in [2.24, 2.45) is 0 Å². The summed E-state index contributed by atoms with van der Waals surface area (Å²) in [5.41, 5.74) is 1.09. The molecular formula is C17H11F3NO2S2-. The van der Waals surface area contributed by atoms with Gasteiger partial charge in [0, 0.05) is 18.1 Å². The minimum atomic E-state index is -4.39. The zero-order valence-corrected chi connectivity index (χ0v) is 14.3. The van der Waals surface area contributed by atoms with Gasteiger partial charge in [-0.3, -0.25) is 0 Å². The molecule has 3 rings (SSSR count). The lowest BCUT2D eigenvalue weighted by Gasteiger charge is -2.08. The number of nitrogens with zero attached hydrogens (tertiary/aromatic N) is 1. The Morgan fingerprint density at radius 3 is 2.56 bits per heavy atom. The number of carboxylic acids is 1. The normalized spacial score (nSPS) is 11.8. The molecule has 0 saturated carbocycles. The van der Waals surface area contributed by atoms with Gasteiger partial charge in [0.15, 0.2) is 4.34 Å². The summed E-state index contributed by atoms with van der Waals surface area (Å²) in [6.07, 6.45) is -4.57. The van der Waals surface area contributed by atoms with Gasteiger partial charge in [-0.15, -0.1) is 11.3 Å². The second kappa shape index (κ2) is 7.05. The van der Waals surface area contributed by atoms with Crippen molar-refractivity contribution in [2.75, 3.05) is 0 Å². The lowest BCUT2D eigenvalue weighted by atomic mass is 10.1. The Labute approximate surface area is 149 Å². The molecule has 0 unspecified atom stereocenters. The predicted molar refractivity (Wildman–Crippen MR) is 89.3 cm³/mol. The third-order valence-electron chi connectivity index (χ3n) is 3.50. The van der Waals surface area contributed by atoms with Crippen molar-refractivity contribution in [3.8, 4) is 0 Å². The van der Waals surface area contributed by atoms with Gasteiger partial charge < -0.3 is 9.90 Å². The number of alkyl halides is 3. The van der Waals surface area contributed by atoms with Crippen LogP contribution in [0.25, 0.3) is 10.2 Å². The number of thioether (sulfide) groups is 1. The molecule has 0 spiro atoms. The molecule has 0 aliphatic heterocycles. The van der Waals surface area contributed by atoms with Gasteiger partial charge in [-0.2, -0.15) is 13.2 Å². The molecule has 130 valence electrons. The Morgan fingerprint density at radius 2 is 1.88 bits per heavy atom. The molecule has 0 bridgehead atoms. The number of hydrogen-bond acceptors (Lipinski definition) is 5. The van der Waals surface area contributed by atoms with E-state index in [1.807, 2.05) is 12.1 Å². The molecule has 0 N–H and O–H groups in total. The number of halogens is 3. The van der Waals surface area contributed by atoms with Crippen LogP contribution < -0.4 is 5.11 Å². The fourth-order valence-electron chi connectivity index (χ4n) is 2.31. The topological polar surface area (TPSA) is 53.0 Å². The van der Waals surface area contributed by atoms with Gasteiger partial charge in [0.1, 0.15) is 0 Å². The van der Waals surface area contributed by atoms with E-state index in [0.29, 0.717) is 25.9 Å². The summed E-state index contributed by atoms with van der Waals surface area (Å²) < 4.78 is 39.6. The number of thiazole rings is 1. The van der Waals surface area contributed by atoms with Crippen LogP contribution in [-0.2, 0) is 23.1 Å². The van der Waals surface area contributed by atoms with E-state index in [4.69, 9.17) is 0 Å². The Bertz CT molecular complexity index is 922. The molecule has 0 saturated heterocycles. The van der Waals surface area contributed by atoms with Crippen molar-refractivity contribution in [1.82, 2.24) is 4.98 Å². The van der Waals surface area contributed by atoms with Gasteiger partial charge in [-0.05, 0) is 29.3 Å². The van der Waals surface area contributed by atoms with Crippen LogP contribution in [0, 0.1) is 0 Å². The third-order valence-corrected chi connectivity index (χ3v) is 5.73. The van der Waals surface area contributed by atoms with Gasteiger partial charge in [-0.25, -0.2) is 4.98 Å². The largest absolute Gasteiger partial charge is 0.550 e. The maximum atomic E-state index is 12.8. The second-order valence-electron chi connectivity index (χ2n) is 5.27. The average molecular weight is 382 g/mol. The van der Waals surface area contributed by atoms with Crippen LogP contribution in [-0.4, -0.2) is 11.0 Å². The van der Waals surface area contributed by atoms with Crippen LogP contribution in [0.1, 0.15) is 16.7 Å². The van der Waals surface area contributed by atoms with Crippen LogP contribution >= 0.6 is 23.1 Å². The number of aromatic nitrogens is 1. The lowest BCUT2D eigenvalue weighted by Crippen LogP contribution is -2.24. The molecule has 8 heteroatoms. The summed E-state index contributed by atoms with van der Waals surface area (Å²) in [4.78, 5) is 15.1. The molecule has 0 aliphatic rings. The van der Waals surface area contributed by atoms with Gasteiger partial charge in [0.25, 0.3) is 0 Å². The van der Waals surface area contributed by atoms with Gasteiger partial charge in [-0.1, -0.05) is 36.0 Å². The minimum absolute atomic E-state index is 0.175. The fraction of sp³-hybridized carbons (Fsp3) is 0.176. The number of carboxylic acid groups (broad SMARTS) is 1. The maximum absolute atomic E-state index is 12.8. The van der Waals surface area contributed by atoms with E-state index in [9.17, 15) is 23.1 Å². The Morgan fingerprint density at radius 1 is 1.16 bits per heavy atom. The zero-order valence-electron chi connectivity index (χ0n) is 12.7. The number of fused-ring (bicyclic) bond motifs is 1. The molecule has 3 nitrogen and oxygen atoms in total. The van der Waals surface area contributed by atoms with Crippen LogP contribution in [0.2, 0.25) is 0 Å². The lowest BCUT2D eigenvalue weighted by molar-refractivity contribution is -0.304. The SMILES string of the molecule is O=C([O-])Cc1ccccc1CSc1nc2cc(C(F)(F)F)ccc2s1. The van der Waals surface area contributed by atoms with E-state index in [1.165, 1.54) is 29.2 Å². The van der Waals surface area contributed by atoms with E-state index in [2.05, 4.69) is 4.98 Å². The molecule has 0 atom stereocenters. The van der Waals surface area contributed by atoms with Crippen LogP contribution in [0.15, 0.2) is 46.8 Å². The van der Waals surface area contributed by atoms with Gasteiger partial charge in [0.05, 0.1) is 15.8 Å². The van der Waals surface area contributed by atoms with Gasteiger partial charge in [0.2, 0.25) is 0 Å². The Balaban J connectivity index is 1.79. The van der Waals surface area contributed by atoms with Crippen molar-refractivity contribution in [1.29, 1.82) is 0 Å². The summed E-state index contributed by atoms with van der Waals surface area (Å²) >= 11 is 2.68. The standard InChI is InChI=1S/C17H12F3NO2S2/c18-17(19,20)12-5-6-14-13(8-12)21-16(25-14)24-9-11-4-2-1-3-10(11)7-15(22)23/h1-6,8H,7,9H2,(H,22,23)/p-1. The highest BCUT2D eigenvalue weighted by molar-refractivity contribution is 8.00. The number of benzene rings is 2. The smallest absolute Gasteiger partial charge is 0.416 e. The molecule has 2 aromatic carbocycles. The van der Waals surface area contributed by atoms with E-state index in [-0.39, 0.29) is 6.42 Å². The summed E-state index contributed by atoms with van der Waals surface area (Å²) in [6.45, 7) is 0. The molecule has 1 heterocycles. The van der Waals surface area contributed by atoms with Crippen molar-refractivity contribution in [2.45, 2.75) is 22.7 Å². The van der Waals surface area contributed by atoms with Crippen molar-refractivity contribution >= 4 is 39.3 Å². The zero-order chi connectivity index (χ0) is 18.0. The summed E-state index contributed by atoms with van der Waals surface area (Å²) in [7, 11) is 0. The molecular weight excluding hydrogens is 371 g/mol. The molecule has 0 fully saturated rings. The quantitative estimate of drug-likeness (QED) is 0.628. The first-order valence-electron chi connectivity index (χ1n) is 7.20. The van der Waals surface area contributed by atoms with E-state index < -0.39 is 17.7 Å². The van der Waals surface area contributed by atoms with Crippen molar-refractivity contribution in [3.05, 3.63) is 59.2 Å². The average Bonchev–Trinajstić information content (AvgIpc) is 2.94. The first kappa shape index (κ1) is 17.8. The summed E-state index contributed by atoms with van der Waals surface area (Å²) in [5, 5.41) is 10.8. The van der Waals surface area contributed by atoms with Crippen molar-refractivity contribution in [3.63, 3.8) is 0 Å². The first-order valence-corrected chi connectivity index (χ1v) is 9.00. The number of hydrogen-bond donors (Lipinski definition) is 0. The molecule has 0 aliphatic carbocycles. The Hall–Kier alpha value is -2.06. The highest BCUT2D eigenvalue weighted by atomic mass is 32.2. The van der Waals surface area contributed by atoms with Crippen LogP contribution in [0.3, 0.4) is 0 Å². The number of aliphatic carboxylic acids is 1. The van der Waals surface area contributed by atoms with E-state index in [1.54, 1.807) is 12.1 Å². The van der Waals surface area contributed by atoms with E-state index >= 15 is 0 Å². The summed E-state index contributed by atoms with van der Waals surface area (Å²) in [5.74, 6) is -0.674. The molecule has 3 aromatic rings. The second-order valence-corrected chi connectivity index (χ2v) is 7.52. The van der Waals surface area contributed by atoms with E-state index in [0.717, 1.165) is 17.7 Å². The highest BCUT2D eigenvalue weighted by Crippen LogP contribution is 2.36. The highest BCUT2D eigenvalue weighted by Gasteiger charge is 2.30. The third kappa shape index (κ3) is 4.32. The molecule has 0 amide bonds. The van der Waals surface area contributed by atoms with Gasteiger partial charge >= 0.3 is 6.18 Å². The first-order chi connectivity index (χ1) is 11.8. The number of rotatable bonds is 5. The van der Waals surface area contributed by atoms with Crippen molar-refractivity contribution < 1.29 is 23.1 Å². The Kier molecular flexibility index (Phi) is 5.01. The molecule has 1 aromatic heterocycles. The minimum Gasteiger partial charge on any atom is -0.550 e. The molecule has 0 radical (unpaired) electrons. The monoisotopic (exact) mass is 382 g/mol.